The van der Waals surface area contributed by atoms with E-state index >= 15 is 0 Å². The number of thioether (sulfide) groups is 2. The first kappa shape index (κ1) is 9.71. The van der Waals surface area contributed by atoms with Gasteiger partial charge in [-0.05, 0) is 19.3 Å². The monoisotopic (exact) mass is 217 g/mol. The molecule has 1 saturated heterocycles. The van der Waals surface area contributed by atoms with Crippen LogP contribution in [0.3, 0.4) is 0 Å². The first-order valence-electron chi connectivity index (χ1n) is 4.86. The quantitative estimate of drug-likeness (QED) is 0.760. The van der Waals surface area contributed by atoms with Gasteiger partial charge in [0.05, 0.1) is 5.25 Å². The molecule has 1 aliphatic heterocycles. The third-order valence-corrected chi connectivity index (χ3v) is 5.31. The van der Waals surface area contributed by atoms with Crippen LogP contribution in [0.15, 0.2) is 0 Å². The molecule has 1 heterocycles. The maximum absolute atomic E-state index is 11.7. The number of carbonyl (C=O) groups is 1. The topological polar surface area (TPSA) is 29.1 Å². The molecule has 0 aromatic carbocycles. The summed E-state index contributed by atoms with van der Waals surface area (Å²) < 4.78 is 0. The van der Waals surface area contributed by atoms with Crippen LogP contribution in [0.1, 0.15) is 19.3 Å². The van der Waals surface area contributed by atoms with Gasteiger partial charge in [0, 0.05) is 23.3 Å². The zero-order valence-electron chi connectivity index (χ0n) is 7.62. The smallest absolute Gasteiger partial charge is 0.234 e. The number of nitrogens with one attached hydrogen (secondary N) is 1. The van der Waals surface area contributed by atoms with Gasteiger partial charge in [0.2, 0.25) is 5.91 Å². The van der Waals surface area contributed by atoms with Crippen molar-refractivity contribution in [1.29, 1.82) is 0 Å². The molecule has 2 nitrogen and oxygen atoms in total. The summed E-state index contributed by atoms with van der Waals surface area (Å²) in [4.78, 5) is 11.7. The Labute approximate surface area is 87.6 Å². The summed E-state index contributed by atoms with van der Waals surface area (Å²) in [5.74, 6) is 3.62. The minimum absolute atomic E-state index is 0.222. The number of hydrogen-bond acceptors (Lipinski definition) is 3. The molecule has 0 aromatic rings. The Hall–Kier alpha value is 0.170. The second-order valence-electron chi connectivity index (χ2n) is 3.57. The fraction of sp³-hybridized carbons (Fsp3) is 0.889. The molecule has 1 N–H and O–H groups in total. The lowest BCUT2D eigenvalue weighted by Crippen LogP contribution is -2.45. The highest BCUT2D eigenvalue weighted by Gasteiger charge is 2.26. The molecule has 0 radical (unpaired) electrons. The first-order valence-corrected chi connectivity index (χ1v) is 7.06. The van der Waals surface area contributed by atoms with Gasteiger partial charge in [-0.1, -0.05) is 0 Å². The molecule has 1 unspecified atom stereocenters. The largest absolute Gasteiger partial charge is 0.352 e. The lowest BCUT2D eigenvalue weighted by Gasteiger charge is -2.29. The highest BCUT2D eigenvalue weighted by atomic mass is 32.2. The van der Waals surface area contributed by atoms with Gasteiger partial charge in [-0.15, -0.1) is 11.8 Å². The van der Waals surface area contributed by atoms with Crippen LogP contribution in [0.4, 0.5) is 0 Å². The van der Waals surface area contributed by atoms with Crippen molar-refractivity contribution in [3.8, 4) is 0 Å². The normalized spacial score (nSPS) is 29.4. The molecular formula is C9H15NOS2. The first-order chi connectivity index (χ1) is 6.36. The van der Waals surface area contributed by atoms with E-state index in [1.807, 2.05) is 23.5 Å². The average molecular weight is 217 g/mol. The molecule has 74 valence electrons. The van der Waals surface area contributed by atoms with Crippen LogP contribution in [0, 0.1) is 0 Å². The van der Waals surface area contributed by atoms with Crippen LogP contribution in [0.5, 0.6) is 0 Å². The molecule has 2 fully saturated rings. The predicted molar refractivity (Wildman–Crippen MR) is 59.4 cm³/mol. The van der Waals surface area contributed by atoms with Crippen molar-refractivity contribution in [3.05, 3.63) is 0 Å². The molecule has 1 atom stereocenters. The molecule has 1 aliphatic carbocycles. The standard InChI is InChI=1S/C9H15NOS2/c11-9(10-7-2-1-3-7)8-6-12-4-5-13-8/h7-8H,1-6H2,(H,10,11). The van der Waals surface area contributed by atoms with Crippen LogP contribution >= 0.6 is 23.5 Å². The summed E-state index contributed by atoms with van der Waals surface area (Å²) >= 11 is 3.72. The van der Waals surface area contributed by atoms with Gasteiger partial charge < -0.3 is 5.32 Å². The third kappa shape index (κ3) is 2.56. The lowest BCUT2D eigenvalue weighted by molar-refractivity contribution is -0.121. The highest BCUT2D eigenvalue weighted by molar-refractivity contribution is 8.07. The molecular weight excluding hydrogens is 202 g/mol. The van der Waals surface area contributed by atoms with E-state index in [0.717, 1.165) is 11.5 Å². The summed E-state index contributed by atoms with van der Waals surface area (Å²) in [5.41, 5.74) is 0. The van der Waals surface area contributed by atoms with Crippen LogP contribution in [-0.4, -0.2) is 34.5 Å². The van der Waals surface area contributed by atoms with Crippen molar-refractivity contribution < 1.29 is 4.79 Å². The van der Waals surface area contributed by atoms with E-state index in [9.17, 15) is 4.79 Å². The van der Waals surface area contributed by atoms with Crippen molar-refractivity contribution in [2.24, 2.45) is 0 Å². The van der Waals surface area contributed by atoms with Crippen molar-refractivity contribution >= 4 is 29.4 Å². The maximum atomic E-state index is 11.7. The van der Waals surface area contributed by atoms with E-state index in [4.69, 9.17) is 0 Å². The van der Waals surface area contributed by atoms with E-state index in [1.165, 1.54) is 25.0 Å². The Bertz CT molecular complexity index is 188. The molecule has 13 heavy (non-hydrogen) atoms. The fourth-order valence-corrected chi connectivity index (χ4v) is 4.05. The molecule has 0 aromatic heterocycles. The van der Waals surface area contributed by atoms with Crippen LogP contribution in [-0.2, 0) is 4.79 Å². The summed E-state index contributed by atoms with van der Waals surface area (Å²) in [6.07, 6.45) is 3.67. The van der Waals surface area contributed by atoms with Gasteiger partial charge in [0.25, 0.3) is 0 Å². The summed E-state index contributed by atoms with van der Waals surface area (Å²) in [5, 5.41) is 3.33. The van der Waals surface area contributed by atoms with Crippen molar-refractivity contribution in [1.82, 2.24) is 5.32 Å². The molecule has 1 amide bonds. The number of hydrogen-bond donors (Lipinski definition) is 1. The van der Waals surface area contributed by atoms with Crippen LogP contribution in [0.2, 0.25) is 0 Å². The minimum atomic E-state index is 0.222. The molecule has 1 saturated carbocycles. The Balaban J connectivity index is 1.74. The van der Waals surface area contributed by atoms with Crippen molar-refractivity contribution in [2.75, 3.05) is 17.3 Å². The third-order valence-electron chi connectivity index (χ3n) is 2.56. The van der Waals surface area contributed by atoms with E-state index in [2.05, 4.69) is 5.32 Å². The second-order valence-corrected chi connectivity index (χ2v) is 6.03. The maximum Gasteiger partial charge on any atom is 0.234 e. The fourth-order valence-electron chi connectivity index (χ4n) is 1.49. The summed E-state index contributed by atoms with van der Waals surface area (Å²) in [7, 11) is 0. The van der Waals surface area contributed by atoms with Gasteiger partial charge in [0.15, 0.2) is 0 Å². The Kier molecular flexibility index (Phi) is 3.44. The number of carbonyl (C=O) groups excluding carboxylic acids is 1. The molecule has 4 heteroatoms. The molecule has 2 aliphatic rings. The van der Waals surface area contributed by atoms with Crippen molar-refractivity contribution in [2.45, 2.75) is 30.6 Å². The molecule has 0 bridgehead atoms. The van der Waals surface area contributed by atoms with E-state index in [0.29, 0.717) is 6.04 Å². The van der Waals surface area contributed by atoms with Gasteiger partial charge in [-0.3, -0.25) is 4.79 Å². The summed E-state index contributed by atoms with van der Waals surface area (Å²) in [6.45, 7) is 0. The van der Waals surface area contributed by atoms with Gasteiger partial charge in [-0.25, -0.2) is 0 Å². The number of rotatable bonds is 2. The van der Waals surface area contributed by atoms with E-state index in [-0.39, 0.29) is 11.2 Å². The van der Waals surface area contributed by atoms with Crippen LogP contribution < -0.4 is 5.32 Å². The Morgan fingerprint density at radius 2 is 2.15 bits per heavy atom. The van der Waals surface area contributed by atoms with Crippen molar-refractivity contribution in [3.63, 3.8) is 0 Å². The SMILES string of the molecule is O=C(NC1CCC1)C1CSCCS1. The Morgan fingerprint density at radius 3 is 2.69 bits per heavy atom. The van der Waals surface area contributed by atoms with Gasteiger partial charge >= 0.3 is 0 Å². The van der Waals surface area contributed by atoms with E-state index in [1.54, 1.807) is 0 Å². The average Bonchev–Trinajstić information content (AvgIpc) is 2.12. The number of amides is 1. The summed E-state index contributed by atoms with van der Waals surface area (Å²) in [6, 6.07) is 0.500. The Morgan fingerprint density at radius 1 is 1.31 bits per heavy atom. The highest BCUT2D eigenvalue weighted by Crippen LogP contribution is 2.25. The zero-order valence-corrected chi connectivity index (χ0v) is 9.26. The zero-order chi connectivity index (χ0) is 9.10. The molecule has 0 spiro atoms. The predicted octanol–water partition coefficient (Wildman–Crippen LogP) is 1.50. The van der Waals surface area contributed by atoms with Gasteiger partial charge in [0.1, 0.15) is 0 Å². The second kappa shape index (κ2) is 4.60. The van der Waals surface area contributed by atoms with E-state index < -0.39 is 0 Å². The minimum Gasteiger partial charge on any atom is -0.352 e. The lowest BCUT2D eigenvalue weighted by atomic mass is 9.93. The molecule has 2 rings (SSSR count). The van der Waals surface area contributed by atoms with Gasteiger partial charge in [-0.2, -0.15) is 11.8 Å². The van der Waals surface area contributed by atoms with Crippen LogP contribution in [0.25, 0.3) is 0 Å².